The zero-order valence-corrected chi connectivity index (χ0v) is 12.0. The van der Waals surface area contributed by atoms with Crippen LogP contribution < -0.4 is 5.32 Å². The van der Waals surface area contributed by atoms with Gasteiger partial charge >= 0.3 is 5.97 Å². The predicted molar refractivity (Wildman–Crippen MR) is 79.5 cm³/mol. The number of aromatic hydroxyl groups is 1. The normalized spacial score (nSPS) is 16.2. The van der Waals surface area contributed by atoms with E-state index in [1.54, 1.807) is 0 Å². The summed E-state index contributed by atoms with van der Waals surface area (Å²) in [6, 6.07) is 3.87. The van der Waals surface area contributed by atoms with Gasteiger partial charge < -0.3 is 15.5 Å². The molecule has 21 heavy (non-hydrogen) atoms. The molecule has 2 rings (SSSR count). The molecular weight excluding hydrogens is 270 g/mol. The van der Waals surface area contributed by atoms with E-state index >= 15 is 0 Å². The average molecular weight is 291 g/mol. The first-order chi connectivity index (χ1) is 10.1. The summed E-state index contributed by atoms with van der Waals surface area (Å²) in [5, 5.41) is 21.3. The molecule has 0 radical (unpaired) electrons. The fourth-order valence-corrected chi connectivity index (χ4v) is 2.80. The second-order valence-corrected chi connectivity index (χ2v) is 5.65. The van der Waals surface area contributed by atoms with Gasteiger partial charge in [-0.15, -0.1) is 0 Å². The lowest BCUT2D eigenvalue weighted by Crippen LogP contribution is -2.16. The number of nitrogens with one attached hydrogen (secondary N) is 1. The summed E-state index contributed by atoms with van der Waals surface area (Å²) in [6.45, 7) is 0. The zero-order valence-electron chi connectivity index (χ0n) is 12.0. The van der Waals surface area contributed by atoms with Gasteiger partial charge in [-0.3, -0.25) is 4.79 Å². The van der Waals surface area contributed by atoms with Crippen molar-refractivity contribution in [1.82, 2.24) is 0 Å². The maximum Gasteiger partial charge on any atom is 0.335 e. The summed E-state index contributed by atoms with van der Waals surface area (Å²) < 4.78 is 0. The number of phenolic OH excluding ortho intramolecular Hbond substituents is 1. The molecular formula is C16H21NO4. The van der Waals surface area contributed by atoms with Crippen molar-refractivity contribution < 1.29 is 19.8 Å². The largest absolute Gasteiger partial charge is 0.506 e. The quantitative estimate of drug-likeness (QED) is 0.586. The van der Waals surface area contributed by atoms with E-state index in [1.807, 2.05) is 0 Å². The third-order valence-corrected chi connectivity index (χ3v) is 3.97. The Bertz CT molecular complexity index is 519. The lowest BCUT2D eigenvalue weighted by Gasteiger charge is -2.14. The maximum absolute atomic E-state index is 12.1. The van der Waals surface area contributed by atoms with Gasteiger partial charge in [0.15, 0.2) is 0 Å². The van der Waals surface area contributed by atoms with Crippen molar-refractivity contribution in [3.8, 4) is 5.75 Å². The molecule has 3 N–H and O–H groups in total. The van der Waals surface area contributed by atoms with E-state index in [2.05, 4.69) is 5.32 Å². The van der Waals surface area contributed by atoms with Crippen LogP contribution >= 0.6 is 0 Å². The highest BCUT2D eigenvalue weighted by molar-refractivity contribution is 5.95. The molecule has 0 heterocycles. The van der Waals surface area contributed by atoms with Crippen molar-refractivity contribution in [1.29, 1.82) is 0 Å². The molecule has 0 aliphatic heterocycles. The Labute approximate surface area is 124 Å². The van der Waals surface area contributed by atoms with Gasteiger partial charge in [0.1, 0.15) is 5.75 Å². The molecule has 1 saturated carbocycles. The van der Waals surface area contributed by atoms with Crippen molar-refractivity contribution in [3.05, 3.63) is 23.8 Å². The van der Waals surface area contributed by atoms with E-state index in [0.717, 1.165) is 25.7 Å². The number of aromatic carboxylic acids is 1. The molecule has 0 bridgehead atoms. The minimum absolute atomic E-state index is 0.0394. The lowest BCUT2D eigenvalue weighted by atomic mass is 9.96. The minimum Gasteiger partial charge on any atom is -0.506 e. The molecule has 5 heteroatoms. The third kappa shape index (κ3) is 4.48. The number of amides is 1. The van der Waals surface area contributed by atoms with Gasteiger partial charge in [0, 0.05) is 6.42 Å². The molecule has 0 spiro atoms. The summed E-state index contributed by atoms with van der Waals surface area (Å²) in [4.78, 5) is 23.0. The number of carbonyl (C=O) groups is 2. The van der Waals surface area contributed by atoms with Gasteiger partial charge in [-0.1, -0.05) is 25.7 Å². The third-order valence-electron chi connectivity index (χ3n) is 3.97. The maximum atomic E-state index is 12.1. The predicted octanol–water partition coefficient (Wildman–Crippen LogP) is 3.39. The van der Waals surface area contributed by atoms with E-state index in [4.69, 9.17) is 5.11 Å². The monoisotopic (exact) mass is 291 g/mol. The van der Waals surface area contributed by atoms with Crippen LogP contribution in [0.2, 0.25) is 0 Å². The Kier molecular flexibility index (Phi) is 5.20. The van der Waals surface area contributed by atoms with Crippen LogP contribution in [0.15, 0.2) is 18.2 Å². The van der Waals surface area contributed by atoms with Gasteiger partial charge in [0.2, 0.25) is 5.91 Å². The minimum atomic E-state index is -1.09. The SMILES string of the molecule is O=C(CC1CCCCCC1)Nc1cc(C(=O)O)ccc1O. The average Bonchev–Trinajstić information content (AvgIpc) is 2.69. The van der Waals surface area contributed by atoms with Gasteiger partial charge in [0.05, 0.1) is 11.3 Å². The van der Waals surface area contributed by atoms with Gasteiger partial charge in [0.25, 0.3) is 0 Å². The summed E-state index contributed by atoms with van der Waals surface area (Å²) in [6.07, 6.45) is 7.36. The molecule has 5 nitrogen and oxygen atoms in total. The summed E-state index contributed by atoms with van der Waals surface area (Å²) in [7, 11) is 0. The van der Waals surface area contributed by atoms with E-state index in [9.17, 15) is 14.7 Å². The molecule has 1 fully saturated rings. The van der Waals surface area contributed by atoms with E-state index in [0.29, 0.717) is 12.3 Å². The zero-order chi connectivity index (χ0) is 15.2. The number of carboxylic acids is 1. The summed E-state index contributed by atoms with van der Waals surface area (Å²) in [5.41, 5.74) is 0.200. The number of carbonyl (C=O) groups excluding carboxylic acids is 1. The van der Waals surface area contributed by atoms with Gasteiger partial charge in [-0.05, 0) is 37.0 Å². The summed E-state index contributed by atoms with van der Waals surface area (Å²) >= 11 is 0. The Morgan fingerprint density at radius 3 is 2.43 bits per heavy atom. The Morgan fingerprint density at radius 1 is 1.14 bits per heavy atom. The second-order valence-electron chi connectivity index (χ2n) is 5.65. The molecule has 1 aliphatic carbocycles. The van der Waals surface area contributed by atoms with E-state index in [1.165, 1.54) is 31.0 Å². The van der Waals surface area contributed by atoms with Gasteiger partial charge in [-0.25, -0.2) is 4.79 Å². The number of hydrogen-bond donors (Lipinski definition) is 3. The number of rotatable bonds is 4. The molecule has 0 saturated heterocycles. The first kappa shape index (κ1) is 15.4. The Balaban J connectivity index is 1.98. The number of anilines is 1. The van der Waals surface area contributed by atoms with Crippen LogP contribution in [0.5, 0.6) is 5.75 Å². The van der Waals surface area contributed by atoms with Crippen LogP contribution in [0.3, 0.4) is 0 Å². The van der Waals surface area contributed by atoms with Crippen molar-refractivity contribution in [2.45, 2.75) is 44.9 Å². The first-order valence-corrected chi connectivity index (χ1v) is 7.42. The van der Waals surface area contributed by atoms with Gasteiger partial charge in [-0.2, -0.15) is 0 Å². The number of phenols is 1. The smallest absolute Gasteiger partial charge is 0.335 e. The van der Waals surface area contributed by atoms with Crippen molar-refractivity contribution in [2.75, 3.05) is 5.32 Å². The molecule has 1 amide bonds. The van der Waals surface area contributed by atoms with Crippen molar-refractivity contribution in [2.24, 2.45) is 5.92 Å². The fourth-order valence-electron chi connectivity index (χ4n) is 2.80. The highest BCUT2D eigenvalue weighted by Gasteiger charge is 2.17. The first-order valence-electron chi connectivity index (χ1n) is 7.42. The fraction of sp³-hybridized carbons (Fsp3) is 0.500. The lowest BCUT2D eigenvalue weighted by molar-refractivity contribution is -0.117. The topological polar surface area (TPSA) is 86.6 Å². The molecule has 0 atom stereocenters. The van der Waals surface area contributed by atoms with E-state index < -0.39 is 5.97 Å². The molecule has 1 aromatic carbocycles. The molecule has 1 aromatic rings. The molecule has 0 aromatic heterocycles. The highest BCUT2D eigenvalue weighted by Crippen LogP contribution is 2.28. The van der Waals surface area contributed by atoms with Crippen LogP contribution in [0.1, 0.15) is 55.3 Å². The van der Waals surface area contributed by atoms with Crippen LogP contribution in [-0.4, -0.2) is 22.1 Å². The van der Waals surface area contributed by atoms with Crippen LogP contribution in [0.4, 0.5) is 5.69 Å². The molecule has 114 valence electrons. The van der Waals surface area contributed by atoms with Crippen LogP contribution in [0, 0.1) is 5.92 Å². The van der Waals surface area contributed by atoms with Crippen LogP contribution in [0.25, 0.3) is 0 Å². The van der Waals surface area contributed by atoms with Crippen molar-refractivity contribution in [3.63, 3.8) is 0 Å². The highest BCUT2D eigenvalue weighted by atomic mass is 16.4. The Morgan fingerprint density at radius 2 is 1.81 bits per heavy atom. The van der Waals surface area contributed by atoms with E-state index in [-0.39, 0.29) is 22.9 Å². The standard InChI is InChI=1S/C16H21NO4/c18-14-8-7-12(16(20)21)10-13(14)17-15(19)9-11-5-3-1-2-4-6-11/h7-8,10-11,18H,1-6,9H2,(H,17,19)(H,20,21). The van der Waals surface area contributed by atoms with Crippen LogP contribution in [-0.2, 0) is 4.79 Å². The summed E-state index contributed by atoms with van der Waals surface area (Å²) in [5.74, 6) is -0.986. The Hall–Kier alpha value is -2.04. The number of carboxylic acid groups (broad SMARTS) is 1. The second kappa shape index (κ2) is 7.11. The molecule has 1 aliphatic rings. The number of benzene rings is 1. The number of hydrogen-bond acceptors (Lipinski definition) is 3. The van der Waals surface area contributed by atoms with Crippen molar-refractivity contribution >= 4 is 17.6 Å². The molecule has 0 unspecified atom stereocenters.